The normalized spacial score (nSPS) is 22.5. The van der Waals surface area contributed by atoms with Gasteiger partial charge in [0.05, 0.1) is 17.5 Å². The quantitative estimate of drug-likeness (QED) is 0.645. The topological polar surface area (TPSA) is 72.9 Å². The molecule has 186 valence electrons. The molecule has 5 rings (SSSR count). The summed E-state index contributed by atoms with van der Waals surface area (Å²) in [6.45, 7) is 4.90. The van der Waals surface area contributed by atoms with Gasteiger partial charge in [-0.2, -0.15) is 13.2 Å². The van der Waals surface area contributed by atoms with Crippen molar-refractivity contribution in [3.63, 3.8) is 0 Å². The molecule has 2 aromatic rings. The summed E-state index contributed by atoms with van der Waals surface area (Å²) in [6.07, 6.45) is -0.880. The number of benzene rings is 1. The molecule has 0 N–H and O–H groups in total. The Hall–Kier alpha value is -3.37. The molecule has 0 bridgehead atoms. The highest BCUT2D eigenvalue weighted by Gasteiger charge is 2.44. The maximum Gasteiger partial charge on any atom is 0.416 e. The van der Waals surface area contributed by atoms with Gasteiger partial charge in [0.15, 0.2) is 0 Å². The number of carbonyl (C=O) groups excluding carboxylic acids is 2. The second kappa shape index (κ2) is 9.01. The van der Waals surface area contributed by atoms with Crippen LogP contribution >= 0.6 is 0 Å². The Morgan fingerprint density at radius 2 is 1.66 bits per heavy atom. The van der Waals surface area contributed by atoms with Crippen LogP contribution in [0.1, 0.15) is 18.1 Å². The van der Waals surface area contributed by atoms with Crippen LogP contribution in [0.2, 0.25) is 0 Å². The molecule has 11 heteroatoms. The molecule has 0 radical (unpaired) electrons. The van der Waals surface area contributed by atoms with Crippen LogP contribution < -0.4 is 9.80 Å². The van der Waals surface area contributed by atoms with Gasteiger partial charge in [-0.25, -0.2) is 9.97 Å². The standard InChI is InChI=1S/C24H27F3N6O2/c1-16(34)30-7-9-31(10-8-30)22(35)19-14-17-13-18(24(25,26)27)3-4-20(17)33-12-11-32(15-21(19)33)23-28-5-2-6-29-23/h2-6,13,19,21H,7-12,14-15H2,1H3. The number of alkyl halides is 3. The van der Waals surface area contributed by atoms with Crippen molar-refractivity contribution < 1.29 is 22.8 Å². The summed E-state index contributed by atoms with van der Waals surface area (Å²) in [6, 6.07) is 5.35. The van der Waals surface area contributed by atoms with E-state index < -0.39 is 17.7 Å². The maximum absolute atomic E-state index is 13.7. The largest absolute Gasteiger partial charge is 0.416 e. The van der Waals surface area contributed by atoms with Gasteiger partial charge >= 0.3 is 6.18 Å². The predicted octanol–water partition coefficient (Wildman–Crippen LogP) is 2.05. The van der Waals surface area contributed by atoms with Crippen LogP contribution in [-0.2, 0) is 22.2 Å². The fourth-order valence-electron chi connectivity index (χ4n) is 5.40. The summed E-state index contributed by atoms with van der Waals surface area (Å²) in [7, 11) is 0. The van der Waals surface area contributed by atoms with E-state index in [-0.39, 0.29) is 24.3 Å². The van der Waals surface area contributed by atoms with Crippen LogP contribution in [0.25, 0.3) is 0 Å². The lowest BCUT2D eigenvalue weighted by atomic mass is 9.82. The fourth-order valence-corrected chi connectivity index (χ4v) is 5.40. The monoisotopic (exact) mass is 488 g/mol. The van der Waals surface area contributed by atoms with E-state index in [1.165, 1.54) is 19.1 Å². The first-order valence-corrected chi connectivity index (χ1v) is 11.8. The lowest BCUT2D eigenvalue weighted by molar-refractivity contribution is -0.142. The van der Waals surface area contributed by atoms with Crippen LogP contribution in [0.3, 0.4) is 0 Å². The molecule has 3 aliphatic heterocycles. The Bertz CT molecular complexity index is 1100. The molecule has 2 unspecified atom stereocenters. The molecule has 0 saturated carbocycles. The van der Waals surface area contributed by atoms with Crippen molar-refractivity contribution in [1.82, 2.24) is 19.8 Å². The number of aromatic nitrogens is 2. The third-order valence-electron chi connectivity index (χ3n) is 7.23. The minimum Gasteiger partial charge on any atom is -0.364 e. The fraction of sp³-hybridized carbons (Fsp3) is 0.500. The second-order valence-corrected chi connectivity index (χ2v) is 9.24. The number of amides is 2. The van der Waals surface area contributed by atoms with E-state index >= 15 is 0 Å². The molecular weight excluding hydrogens is 461 g/mol. The Morgan fingerprint density at radius 3 is 2.31 bits per heavy atom. The van der Waals surface area contributed by atoms with Gasteiger partial charge in [0.25, 0.3) is 0 Å². The van der Waals surface area contributed by atoms with Crippen LogP contribution in [0, 0.1) is 5.92 Å². The Labute approximate surface area is 201 Å². The van der Waals surface area contributed by atoms with Crippen molar-refractivity contribution in [3.8, 4) is 0 Å². The van der Waals surface area contributed by atoms with Crippen molar-refractivity contribution in [3.05, 3.63) is 47.8 Å². The van der Waals surface area contributed by atoms with Crippen molar-refractivity contribution in [1.29, 1.82) is 0 Å². The van der Waals surface area contributed by atoms with Gasteiger partial charge in [-0.15, -0.1) is 0 Å². The molecule has 2 fully saturated rings. The number of fused-ring (bicyclic) bond motifs is 3. The number of nitrogens with zero attached hydrogens (tertiary/aromatic N) is 6. The highest BCUT2D eigenvalue weighted by Crippen LogP contribution is 2.40. The van der Waals surface area contributed by atoms with Gasteiger partial charge < -0.3 is 19.6 Å². The predicted molar refractivity (Wildman–Crippen MR) is 123 cm³/mol. The number of hydrogen-bond acceptors (Lipinski definition) is 6. The zero-order valence-electron chi connectivity index (χ0n) is 19.4. The summed E-state index contributed by atoms with van der Waals surface area (Å²) in [5, 5.41) is 0. The first-order chi connectivity index (χ1) is 16.7. The van der Waals surface area contributed by atoms with E-state index in [1.54, 1.807) is 28.3 Å². The van der Waals surface area contributed by atoms with Crippen LogP contribution in [0.15, 0.2) is 36.7 Å². The van der Waals surface area contributed by atoms with Gasteiger partial charge in [-0.3, -0.25) is 9.59 Å². The molecule has 2 atom stereocenters. The molecule has 4 heterocycles. The molecular formula is C24H27F3N6O2. The van der Waals surface area contributed by atoms with E-state index in [2.05, 4.69) is 14.9 Å². The minimum atomic E-state index is -4.45. The van der Waals surface area contributed by atoms with Crippen LogP contribution in [-0.4, -0.2) is 83.4 Å². The Kier molecular flexibility index (Phi) is 6.02. The van der Waals surface area contributed by atoms with Gasteiger partial charge in [0.2, 0.25) is 17.8 Å². The molecule has 1 aromatic heterocycles. The summed E-state index contributed by atoms with van der Waals surface area (Å²) >= 11 is 0. The third-order valence-corrected chi connectivity index (χ3v) is 7.23. The molecule has 2 amide bonds. The van der Waals surface area contributed by atoms with Crippen molar-refractivity contribution in [2.24, 2.45) is 5.92 Å². The smallest absolute Gasteiger partial charge is 0.364 e. The SMILES string of the molecule is CC(=O)N1CCN(C(=O)C2Cc3cc(C(F)(F)F)ccc3N3CCN(c4ncccn4)CC23)CC1. The van der Waals surface area contributed by atoms with E-state index in [4.69, 9.17) is 0 Å². The van der Waals surface area contributed by atoms with Crippen LogP contribution in [0.4, 0.5) is 24.8 Å². The Balaban J connectivity index is 1.45. The van der Waals surface area contributed by atoms with Crippen molar-refractivity contribution >= 4 is 23.5 Å². The lowest BCUT2D eigenvalue weighted by Crippen LogP contribution is -2.62. The van der Waals surface area contributed by atoms with E-state index in [1.807, 2.05) is 4.90 Å². The van der Waals surface area contributed by atoms with Gasteiger partial charge in [0.1, 0.15) is 0 Å². The molecule has 2 saturated heterocycles. The third kappa shape index (κ3) is 4.51. The lowest BCUT2D eigenvalue weighted by Gasteiger charge is -2.50. The van der Waals surface area contributed by atoms with Gasteiger partial charge in [-0.05, 0) is 36.2 Å². The average molecular weight is 489 g/mol. The number of carbonyl (C=O) groups is 2. The summed E-state index contributed by atoms with van der Waals surface area (Å²) in [5.74, 6) is -0.0459. The Morgan fingerprint density at radius 1 is 0.971 bits per heavy atom. The molecule has 0 spiro atoms. The summed E-state index contributed by atoms with van der Waals surface area (Å²) in [4.78, 5) is 41.7. The van der Waals surface area contributed by atoms with Gasteiger partial charge in [-0.1, -0.05) is 0 Å². The average Bonchev–Trinajstić information content (AvgIpc) is 2.87. The second-order valence-electron chi connectivity index (χ2n) is 9.24. The first-order valence-electron chi connectivity index (χ1n) is 11.8. The number of anilines is 2. The summed E-state index contributed by atoms with van der Waals surface area (Å²) in [5.41, 5.74) is 0.593. The maximum atomic E-state index is 13.7. The highest BCUT2D eigenvalue weighted by molar-refractivity contribution is 5.83. The molecule has 1 aromatic carbocycles. The van der Waals surface area contributed by atoms with Gasteiger partial charge in [0, 0.05) is 70.8 Å². The number of rotatable bonds is 2. The minimum absolute atomic E-state index is 0.0275. The zero-order chi connectivity index (χ0) is 24.7. The van der Waals surface area contributed by atoms with E-state index in [9.17, 15) is 22.8 Å². The molecule has 0 aliphatic carbocycles. The van der Waals surface area contributed by atoms with Crippen molar-refractivity contribution in [2.75, 3.05) is 55.6 Å². The van der Waals surface area contributed by atoms with E-state index in [0.717, 1.165) is 11.8 Å². The number of piperazine rings is 2. The summed E-state index contributed by atoms with van der Waals surface area (Å²) < 4.78 is 40.3. The van der Waals surface area contributed by atoms with E-state index in [0.29, 0.717) is 57.3 Å². The molecule has 3 aliphatic rings. The molecule has 8 nitrogen and oxygen atoms in total. The highest BCUT2D eigenvalue weighted by atomic mass is 19.4. The first kappa shape index (κ1) is 23.4. The number of hydrogen-bond donors (Lipinski definition) is 0. The molecule has 35 heavy (non-hydrogen) atoms. The number of halogens is 3. The van der Waals surface area contributed by atoms with Crippen molar-refractivity contribution in [2.45, 2.75) is 25.6 Å². The zero-order valence-corrected chi connectivity index (χ0v) is 19.4. The van der Waals surface area contributed by atoms with Crippen LogP contribution in [0.5, 0.6) is 0 Å².